The van der Waals surface area contributed by atoms with Gasteiger partial charge in [0.15, 0.2) is 5.54 Å². The number of nitrogens with zero attached hydrogens (tertiary/aromatic N) is 1. The van der Waals surface area contributed by atoms with E-state index >= 15 is 0 Å². The number of alkyl carbamates (subject to hydrolysis) is 1. The van der Waals surface area contributed by atoms with Gasteiger partial charge in [0.2, 0.25) is 5.91 Å². The minimum absolute atomic E-state index is 0.0758. The lowest BCUT2D eigenvalue weighted by Crippen LogP contribution is -2.73. The van der Waals surface area contributed by atoms with Crippen LogP contribution in [0.15, 0.2) is 24.3 Å². The standard InChI is InChI=1S/C23H34N2O6/c1-16-19(26)25(15-17-9-11-18(29-5)12-10-17)23(16,20(27)30-6)13-7-8-14-24-21(28)31-22(2,3)4/h9-12,16H,7-8,13-15H2,1-6H3,(H,24,28)/t16-,23+/m1/s1. The number of ether oxygens (including phenoxy) is 3. The molecule has 1 N–H and O–H groups in total. The van der Waals surface area contributed by atoms with Gasteiger partial charge in [-0.15, -0.1) is 0 Å². The number of nitrogens with one attached hydrogen (secondary N) is 1. The van der Waals surface area contributed by atoms with E-state index in [-0.39, 0.29) is 5.91 Å². The van der Waals surface area contributed by atoms with Crippen LogP contribution in [-0.2, 0) is 25.6 Å². The van der Waals surface area contributed by atoms with Crippen LogP contribution in [0.2, 0.25) is 0 Å². The molecule has 1 aliphatic rings. The summed E-state index contributed by atoms with van der Waals surface area (Å²) in [6.07, 6.45) is 1.28. The monoisotopic (exact) mass is 434 g/mol. The number of hydrogen-bond donors (Lipinski definition) is 1. The van der Waals surface area contributed by atoms with Crippen LogP contribution in [0.4, 0.5) is 4.79 Å². The van der Waals surface area contributed by atoms with Gasteiger partial charge < -0.3 is 24.4 Å². The molecule has 31 heavy (non-hydrogen) atoms. The predicted octanol–water partition coefficient (Wildman–Crippen LogP) is 3.28. The van der Waals surface area contributed by atoms with Crippen molar-refractivity contribution in [2.45, 2.75) is 64.6 Å². The third-order valence-electron chi connectivity index (χ3n) is 5.53. The molecule has 0 bridgehead atoms. The lowest BCUT2D eigenvalue weighted by molar-refractivity contribution is -0.191. The van der Waals surface area contributed by atoms with E-state index in [4.69, 9.17) is 14.2 Å². The van der Waals surface area contributed by atoms with Crippen LogP contribution in [0.3, 0.4) is 0 Å². The summed E-state index contributed by atoms with van der Waals surface area (Å²) in [7, 11) is 2.94. The second-order valence-corrected chi connectivity index (χ2v) is 8.80. The first-order valence-corrected chi connectivity index (χ1v) is 10.5. The molecule has 0 aromatic heterocycles. The van der Waals surface area contributed by atoms with Gasteiger partial charge in [-0.2, -0.15) is 0 Å². The molecule has 0 spiro atoms. The van der Waals surface area contributed by atoms with Crippen LogP contribution in [0.25, 0.3) is 0 Å². The molecule has 2 rings (SSSR count). The maximum Gasteiger partial charge on any atom is 0.407 e. The van der Waals surface area contributed by atoms with Crippen molar-refractivity contribution < 1.29 is 28.6 Å². The molecule has 172 valence electrons. The van der Waals surface area contributed by atoms with Gasteiger partial charge >= 0.3 is 12.1 Å². The van der Waals surface area contributed by atoms with Crippen molar-refractivity contribution in [3.63, 3.8) is 0 Å². The lowest BCUT2D eigenvalue weighted by atomic mass is 9.70. The highest BCUT2D eigenvalue weighted by Gasteiger charge is 2.62. The van der Waals surface area contributed by atoms with Crippen molar-refractivity contribution in [3.8, 4) is 5.75 Å². The summed E-state index contributed by atoms with van der Waals surface area (Å²) in [5, 5.41) is 2.72. The lowest BCUT2D eigenvalue weighted by Gasteiger charge is -2.54. The average Bonchev–Trinajstić information content (AvgIpc) is 2.73. The molecule has 1 aromatic carbocycles. The Hall–Kier alpha value is -2.77. The number of benzene rings is 1. The van der Waals surface area contributed by atoms with Crippen LogP contribution >= 0.6 is 0 Å². The molecule has 1 aliphatic heterocycles. The summed E-state index contributed by atoms with van der Waals surface area (Å²) in [6.45, 7) is 7.92. The molecule has 1 aromatic rings. The summed E-state index contributed by atoms with van der Waals surface area (Å²) < 4.78 is 15.5. The molecular weight excluding hydrogens is 400 g/mol. The zero-order valence-electron chi connectivity index (χ0n) is 19.3. The van der Waals surface area contributed by atoms with E-state index in [0.29, 0.717) is 32.4 Å². The summed E-state index contributed by atoms with van der Waals surface area (Å²) in [5.74, 6) is -0.220. The minimum Gasteiger partial charge on any atom is -0.497 e. The van der Waals surface area contributed by atoms with Gasteiger partial charge in [0.1, 0.15) is 11.4 Å². The van der Waals surface area contributed by atoms with Gasteiger partial charge in [0.05, 0.1) is 20.1 Å². The number of carbonyl (C=O) groups excluding carboxylic acids is 3. The number of hydrogen-bond acceptors (Lipinski definition) is 6. The van der Waals surface area contributed by atoms with E-state index in [0.717, 1.165) is 11.3 Å². The second-order valence-electron chi connectivity index (χ2n) is 8.80. The van der Waals surface area contributed by atoms with E-state index < -0.39 is 29.1 Å². The van der Waals surface area contributed by atoms with Crippen LogP contribution in [0.5, 0.6) is 5.75 Å². The van der Waals surface area contributed by atoms with Gasteiger partial charge in [-0.3, -0.25) is 4.79 Å². The number of methoxy groups -OCH3 is 2. The fourth-order valence-electron chi connectivity index (χ4n) is 3.88. The molecule has 0 unspecified atom stereocenters. The summed E-state index contributed by atoms with van der Waals surface area (Å²) in [4.78, 5) is 38.8. The van der Waals surface area contributed by atoms with E-state index in [1.54, 1.807) is 39.7 Å². The fraction of sp³-hybridized carbons (Fsp3) is 0.609. The number of amides is 2. The fourth-order valence-corrected chi connectivity index (χ4v) is 3.88. The molecule has 1 saturated heterocycles. The smallest absolute Gasteiger partial charge is 0.407 e. The van der Waals surface area contributed by atoms with Crippen molar-refractivity contribution in [1.82, 2.24) is 10.2 Å². The zero-order chi connectivity index (χ0) is 23.2. The van der Waals surface area contributed by atoms with Crippen molar-refractivity contribution in [2.75, 3.05) is 20.8 Å². The van der Waals surface area contributed by atoms with Crippen molar-refractivity contribution in [2.24, 2.45) is 5.92 Å². The van der Waals surface area contributed by atoms with E-state index in [1.165, 1.54) is 7.11 Å². The third-order valence-corrected chi connectivity index (χ3v) is 5.53. The first-order chi connectivity index (χ1) is 14.5. The summed E-state index contributed by atoms with van der Waals surface area (Å²) in [5.41, 5.74) is -0.652. The molecular formula is C23H34N2O6. The van der Waals surface area contributed by atoms with Crippen LogP contribution < -0.4 is 10.1 Å². The Balaban J connectivity index is 2.01. The molecule has 2 atom stereocenters. The maximum absolute atomic E-state index is 12.8. The second kappa shape index (κ2) is 10.0. The Morgan fingerprint density at radius 1 is 1.13 bits per heavy atom. The topological polar surface area (TPSA) is 94.2 Å². The van der Waals surface area contributed by atoms with Crippen molar-refractivity contribution >= 4 is 18.0 Å². The number of likely N-dealkylation sites (tertiary alicyclic amines) is 1. The number of β-lactam (4-membered cyclic amide) rings is 1. The third kappa shape index (κ3) is 5.68. The highest BCUT2D eigenvalue weighted by Crippen LogP contribution is 2.43. The molecule has 2 amide bonds. The van der Waals surface area contributed by atoms with E-state index in [9.17, 15) is 14.4 Å². The van der Waals surface area contributed by atoms with E-state index in [2.05, 4.69) is 5.32 Å². The molecule has 1 fully saturated rings. The van der Waals surface area contributed by atoms with Gasteiger partial charge in [0, 0.05) is 13.1 Å². The normalized spacial score (nSPS) is 20.6. The summed E-state index contributed by atoms with van der Waals surface area (Å²) in [6, 6.07) is 7.40. The Kier molecular flexibility index (Phi) is 7.92. The van der Waals surface area contributed by atoms with Gasteiger partial charge in [-0.1, -0.05) is 19.1 Å². The quantitative estimate of drug-likeness (QED) is 0.364. The van der Waals surface area contributed by atoms with Crippen molar-refractivity contribution in [3.05, 3.63) is 29.8 Å². The largest absolute Gasteiger partial charge is 0.497 e. The molecule has 8 nitrogen and oxygen atoms in total. The molecule has 1 heterocycles. The Bertz CT molecular complexity index is 786. The van der Waals surface area contributed by atoms with Gasteiger partial charge in [-0.05, 0) is 57.7 Å². The van der Waals surface area contributed by atoms with Crippen LogP contribution in [-0.4, -0.2) is 54.8 Å². The molecule has 0 radical (unpaired) electrons. The molecule has 0 saturated carbocycles. The Labute approximate surface area is 184 Å². The minimum atomic E-state index is -1.00. The van der Waals surface area contributed by atoms with Gasteiger partial charge in [0.25, 0.3) is 0 Å². The summed E-state index contributed by atoms with van der Waals surface area (Å²) >= 11 is 0. The number of esters is 1. The van der Waals surface area contributed by atoms with Crippen molar-refractivity contribution in [1.29, 1.82) is 0 Å². The first-order valence-electron chi connectivity index (χ1n) is 10.5. The predicted molar refractivity (Wildman–Crippen MR) is 116 cm³/mol. The average molecular weight is 435 g/mol. The zero-order valence-corrected chi connectivity index (χ0v) is 19.3. The molecule has 8 heteroatoms. The maximum atomic E-state index is 12.8. The van der Waals surface area contributed by atoms with Crippen LogP contribution in [0, 0.1) is 5.92 Å². The highest BCUT2D eigenvalue weighted by molar-refractivity contribution is 6.00. The number of rotatable bonds is 9. The molecule has 0 aliphatic carbocycles. The van der Waals surface area contributed by atoms with Gasteiger partial charge in [-0.25, -0.2) is 9.59 Å². The Morgan fingerprint density at radius 3 is 2.32 bits per heavy atom. The Morgan fingerprint density at radius 2 is 1.77 bits per heavy atom. The first kappa shape index (κ1) is 24.5. The SMILES string of the molecule is COC(=O)[C@]1(CCCCNC(=O)OC(C)(C)C)[C@H](C)C(=O)N1Cc1ccc(OC)cc1. The van der Waals surface area contributed by atoms with E-state index in [1.807, 2.05) is 24.3 Å². The highest BCUT2D eigenvalue weighted by atomic mass is 16.6. The van der Waals surface area contributed by atoms with Crippen LogP contribution in [0.1, 0.15) is 52.5 Å². The number of unbranched alkanes of at least 4 members (excludes halogenated alkanes) is 1. The number of carbonyl (C=O) groups is 3.